The highest BCUT2D eigenvalue weighted by molar-refractivity contribution is 6.53. The van der Waals surface area contributed by atoms with Gasteiger partial charge in [0.05, 0.1) is 11.4 Å². The third kappa shape index (κ3) is 2.31. The first-order chi connectivity index (χ1) is 14.3. The van der Waals surface area contributed by atoms with Crippen molar-refractivity contribution in [1.82, 2.24) is 0 Å². The second-order valence-corrected chi connectivity index (χ2v) is 7.34. The number of fused-ring (bicyclic) bond motifs is 4. The van der Waals surface area contributed by atoms with Gasteiger partial charge in [0, 0.05) is 10.9 Å². The number of hydrazone groups is 1. The molecule has 0 aliphatic heterocycles. The molecule has 0 unspecified atom stereocenters. The molecule has 0 saturated heterocycles. The lowest BCUT2D eigenvalue weighted by Crippen LogP contribution is -2.18. The molecular weight excluding hydrogens is 354 g/mol. The average Bonchev–Trinajstić information content (AvgIpc) is 3.10. The summed E-state index contributed by atoms with van der Waals surface area (Å²) in [5, 5.41) is 15.5. The van der Waals surface area contributed by atoms with Crippen molar-refractivity contribution in [3.8, 4) is 22.3 Å². The molecule has 0 spiro atoms. The summed E-state index contributed by atoms with van der Waals surface area (Å²) in [6.07, 6.45) is 3.91. The van der Waals surface area contributed by atoms with E-state index >= 15 is 0 Å². The molecule has 4 aromatic rings. The first-order valence-electron chi connectivity index (χ1n) is 9.67. The second-order valence-electron chi connectivity index (χ2n) is 7.34. The Balaban J connectivity index is 1.43. The van der Waals surface area contributed by atoms with Gasteiger partial charge in [0.2, 0.25) is 0 Å². The van der Waals surface area contributed by atoms with Gasteiger partial charge in [-0.25, -0.2) is 0 Å². The summed E-state index contributed by atoms with van der Waals surface area (Å²) in [5.74, 6) is 0. The highest BCUT2D eigenvalue weighted by atomic mass is 15.3. The largest absolute Gasteiger partial charge is 0.298 e. The number of nitrogens with one attached hydrogen (secondary N) is 2. The molecule has 136 valence electrons. The monoisotopic (exact) mass is 371 g/mol. The SMILES string of the molecule is N=C1/C(=N\Nc2ccc3c4c(cccc24)-c2ccccc2-3)C=Cc2ccccc21. The van der Waals surface area contributed by atoms with E-state index in [2.05, 4.69) is 65.1 Å². The number of anilines is 1. The number of hydrogen-bond acceptors (Lipinski definition) is 3. The first-order valence-corrected chi connectivity index (χ1v) is 9.67. The predicted octanol–water partition coefficient (Wildman–Crippen LogP) is 6.35. The molecule has 0 radical (unpaired) electrons. The molecule has 0 heterocycles. The van der Waals surface area contributed by atoms with Crippen LogP contribution in [0, 0.1) is 5.41 Å². The van der Waals surface area contributed by atoms with Crippen molar-refractivity contribution in [2.45, 2.75) is 0 Å². The van der Waals surface area contributed by atoms with Gasteiger partial charge in [0.25, 0.3) is 0 Å². The van der Waals surface area contributed by atoms with Crippen LogP contribution in [0.4, 0.5) is 5.69 Å². The van der Waals surface area contributed by atoms with E-state index in [1.807, 2.05) is 36.4 Å². The first kappa shape index (κ1) is 16.0. The van der Waals surface area contributed by atoms with Crippen LogP contribution in [-0.4, -0.2) is 11.4 Å². The summed E-state index contributed by atoms with van der Waals surface area (Å²) in [6, 6.07) is 27.1. The Bertz CT molecular complexity index is 1360. The zero-order valence-corrected chi connectivity index (χ0v) is 15.6. The van der Waals surface area contributed by atoms with Gasteiger partial charge in [-0.1, -0.05) is 78.9 Å². The molecule has 29 heavy (non-hydrogen) atoms. The van der Waals surface area contributed by atoms with Gasteiger partial charge in [0.1, 0.15) is 5.71 Å². The fourth-order valence-electron chi connectivity index (χ4n) is 4.38. The zero-order chi connectivity index (χ0) is 19.4. The lowest BCUT2D eigenvalue weighted by molar-refractivity contribution is 1.35. The zero-order valence-electron chi connectivity index (χ0n) is 15.6. The molecule has 0 bridgehead atoms. The van der Waals surface area contributed by atoms with Crippen LogP contribution in [0.2, 0.25) is 0 Å². The summed E-state index contributed by atoms with van der Waals surface area (Å²) in [7, 11) is 0. The summed E-state index contributed by atoms with van der Waals surface area (Å²) in [5.41, 5.74) is 12.3. The maximum absolute atomic E-state index is 8.50. The predicted molar refractivity (Wildman–Crippen MR) is 122 cm³/mol. The quantitative estimate of drug-likeness (QED) is 0.349. The van der Waals surface area contributed by atoms with Crippen LogP contribution in [0.3, 0.4) is 0 Å². The number of rotatable bonds is 2. The molecule has 2 N–H and O–H groups in total. The van der Waals surface area contributed by atoms with Gasteiger partial charge in [-0.2, -0.15) is 5.10 Å². The maximum Gasteiger partial charge on any atom is 0.109 e. The molecule has 3 heteroatoms. The van der Waals surface area contributed by atoms with E-state index in [9.17, 15) is 0 Å². The van der Waals surface area contributed by atoms with Crippen LogP contribution < -0.4 is 5.43 Å². The third-order valence-electron chi connectivity index (χ3n) is 5.75. The summed E-state index contributed by atoms with van der Waals surface area (Å²) in [6.45, 7) is 0. The minimum Gasteiger partial charge on any atom is -0.298 e. The Morgan fingerprint density at radius 2 is 1.31 bits per heavy atom. The number of benzene rings is 4. The normalized spacial score (nSPS) is 14.9. The van der Waals surface area contributed by atoms with Crippen molar-refractivity contribution in [1.29, 1.82) is 5.41 Å². The highest BCUT2D eigenvalue weighted by Gasteiger charge is 2.22. The van der Waals surface area contributed by atoms with Gasteiger partial charge in [0.15, 0.2) is 0 Å². The van der Waals surface area contributed by atoms with E-state index < -0.39 is 0 Å². The Morgan fingerprint density at radius 1 is 0.621 bits per heavy atom. The Morgan fingerprint density at radius 3 is 2.14 bits per heavy atom. The van der Waals surface area contributed by atoms with Crippen LogP contribution in [0.5, 0.6) is 0 Å². The van der Waals surface area contributed by atoms with Crippen LogP contribution in [0.25, 0.3) is 39.1 Å². The van der Waals surface area contributed by atoms with E-state index in [-0.39, 0.29) is 0 Å². The van der Waals surface area contributed by atoms with Crippen molar-refractivity contribution in [2.24, 2.45) is 5.10 Å². The molecule has 6 rings (SSSR count). The van der Waals surface area contributed by atoms with Crippen molar-refractivity contribution in [2.75, 3.05) is 5.43 Å². The van der Waals surface area contributed by atoms with Gasteiger partial charge in [-0.05, 0) is 45.3 Å². The second kappa shape index (κ2) is 6.01. The summed E-state index contributed by atoms with van der Waals surface area (Å²) < 4.78 is 0. The van der Waals surface area contributed by atoms with Gasteiger partial charge in [-0.15, -0.1) is 0 Å². The Labute approximate surface area is 168 Å². The van der Waals surface area contributed by atoms with E-state index in [4.69, 9.17) is 5.41 Å². The van der Waals surface area contributed by atoms with E-state index in [0.717, 1.165) is 22.2 Å². The van der Waals surface area contributed by atoms with Gasteiger partial charge < -0.3 is 0 Å². The van der Waals surface area contributed by atoms with Crippen molar-refractivity contribution >= 4 is 34.0 Å². The number of nitrogens with zero attached hydrogens (tertiary/aromatic N) is 1. The van der Waals surface area contributed by atoms with Crippen LogP contribution in [0.1, 0.15) is 11.1 Å². The molecular formula is C26H17N3. The molecule has 3 nitrogen and oxygen atoms in total. The maximum atomic E-state index is 8.50. The number of allylic oxidation sites excluding steroid dienone is 1. The average molecular weight is 371 g/mol. The lowest BCUT2D eigenvalue weighted by Gasteiger charge is -2.14. The molecule has 0 aromatic heterocycles. The van der Waals surface area contributed by atoms with Crippen LogP contribution >= 0.6 is 0 Å². The highest BCUT2D eigenvalue weighted by Crippen LogP contribution is 2.48. The molecule has 2 aliphatic rings. The van der Waals surface area contributed by atoms with E-state index in [0.29, 0.717) is 11.4 Å². The third-order valence-corrected chi connectivity index (χ3v) is 5.75. The Kier molecular flexibility index (Phi) is 3.32. The molecule has 2 aliphatic carbocycles. The van der Waals surface area contributed by atoms with Crippen LogP contribution in [0.15, 0.2) is 90.0 Å². The standard InChI is InChI=1S/C26H17N3/c27-26-17-7-2-1-6-16(17)12-14-24(26)29-28-23-15-13-21-19-9-4-3-8-18(19)20-10-5-11-22(23)25(20)21/h1-15,27-28H/b27-26?,29-24-. The molecule has 0 amide bonds. The molecule has 0 saturated carbocycles. The molecule has 0 atom stereocenters. The molecule has 0 fully saturated rings. The van der Waals surface area contributed by atoms with Crippen molar-refractivity contribution in [3.05, 3.63) is 96.1 Å². The van der Waals surface area contributed by atoms with E-state index in [1.165, 1.54) is 27.6 Å². The fourth-order valence-corrected chi connectivity index (χ4v) is 4.38. The van der Waals surface area contributed by atoms with Crippen molar-refractivity contribution in [3.63, 3.8) is 0 Å². The minimum atomic E-state index is 0.439. The summed E-state index contributed by atoms with van der Waals surface area (Å²) >= 11 is 0. The minimum absolute atomic E-state index is 0.439. The van der Waals surface area contributed by atoms with Crippen LogP contribution in [-0.2, 0) is 0 Å². The lowest BCUT2D eigenvalue weighted by atomic mass is 9.94. The van der Waals surface area contributed by atoms with Gasteiger partial charge in [-0.3, -0.25) is 10.8 Å². The summed E-state index contributed by atoms with van der Waals surface area (Å²) in [4.78, 5) is 0. The fraction of sp³-hybridized carbons (Fsp3) is 0. The topological polar surface area (TPSA) is 48.2 Å². The number of hydrogen-bond donors (Lipinski definition) is 2. The van der Waals surface area contributed by atoms with Crippen molar-refractivity contribution < 1.29 is 0 Å². The molecule has 4 aromatic carbocycles. The smallest absolute Gasteiger partial charge is 0.109 e. The van der Waals surface area contributed by atoms with Gasteiger partial charge >= 0.3 is 0 Å². The van der Waals surface area contributed by atoms with E-state index in [1.54, 1.807) is 0 Å². The Hall–Kier alpha value is -3.98.